The number of benzene rings is 1. The van der Waals surface area contributed by atoms with E-state index >= 15 is 0 Å². The Labute approximate surface area is 226 Å². The minimum atomic E-state index is -4.58. The maximum Gasteiger partial charge on any atom is 0.418 e. The molecule has 0 spiro atoms. The average molecular weight is 561 g/mol. The number of halogens is 4. The van der Waals surface area contributed by atoms with Crippen LogP contribution in [0.3, 0.4) is 0 Å². The molecule has 1 aromatic carbocycles. The fraction of sp³-hybridized carbons (Fsp3) is 0.370. The molecule has 2 N–H and O–H groups in total. The van der Waals surface area contributed by atoms with Crippen LogP contribution in [-0.4, -0.2) is 25.0 Å². The van der Waals surface area contributed by atoms with E-state index in [1.54, 1.807) is 12.1 Å². The molecule has 0 atom stereocenters. The summed E-state index contributed by atoms with van der Waals surface area (Å²) in [6.07, 6.45) is 1.56. The van der Waals surface area contributed by atoms with Gasteiger partial charge in [0.05, 0.1) is 17.8 Å². The summed E-state index contributed by atoms with van der Waals surface area (Å²) in [5, 5.41) is 13.5. The van der Waals surface area contributed by atoms with E-state index in [1.807, 2.05) is 13.0 Å². The molecule has 1 aliphatic carbocycles. The molecule has 3 heterocycles. The number of aryl methyl sites for hydroxylation is 1. The van der Waals surface area contributed by atoms with Crippen molar-refractivity contribution >= 4 is 11.3 Å². The quantitative estimate of drug-likeness (QED) is 0.307. The number of aromatic nitrogens is 5. The van der Waals surface area contributed by atoms with Gasteiger partial charge in [0.25, 0.3) is 5.56 Å². The third-order valence-electron chi connectivity index (χ3n) is 6.38. The Morgan fingerprint density at radius 1 is 1.08 bits per heavy atom. The highest BCUT2D eigenvalue weighted by Crippen LogP contribution is 2.34. The zero-order valence-electron chi connectivity index (χ0n) is 21.3. The normalized spacial score (nSPS) is 14.1. The fourth-order valence-corrected chi connectivity index (χ4v) is 5.16. The lowest BCUT2D eigenvalue weighted by molar-refractivity contribution is -0.138. The molecule has 206 valence electrons. The third-order valence-corrected chi connectivity index (χ3v) is 7.35. The molecule has 4 aromatic rings. The van der Waals surface area contributed by atoms with E-state index in [4.69, 9.17) is 5.73 Å². The molecule has 0 amide bonds. The molecule has 1 fully saturated rings. The molecule has 1 saturated carbocycles. The molecule has 12 heteroatoms. The van der Waals surface area contributed by atoms with Gasteiger partial charge in [-0.25, -0.2) is 9.07 Å². The summed E-state index contributed by atoms with van der Waals surface area (Å²) >= 11 is 1.25. The predicted octanol–water partition coefficient (Wildman–Crippen LogP) is 5.86. The van der Waals surface area contributed by atoms with Crippen LogP contribution in [0.4, 0.5) is 17.6 Å². The second-order valence-electron chi connectivity index (χ2n) is 9.28. The van der Waals surface area contributed by atoms with Gasteiger partial charge in [-0.05, 0) is 61.6 Å². The first-order valence-electron chi connectivity index (χ1n) is 12.5. The van der Waals surface area contributed by atoms with E-state index in [2.05, 4.69) is 20.3 Å². The number of nitrogens with zero attached hydrogens (tertiary/aromatic N) is 5. The van der Waals surface area contributed by atoms with E-state index in [9.17, 15) is 22.4 Å². The Hall–Kier alpha value is -3.51. The fourth-order valence-electron chi connectivity index (χ4n) is 4.49. The third kappa shape index (κ3) is 7.33. The van der Waals surface area contributed by atoms with Crippen molar-refractivity contribution in [1.29, 1.82) is 0 Å². The molecular weight excluding hydrogens is 532 g/mol. The first-order valence-corrected chi connectivity index (χ1v) is 13.4. The van der Waals surface area contributed by atoms with Crippen LogP contribution in [0.1, 0.15) is 65.4 Å². The minimum absolute atomic E-state index is 0.0435. The van der Waals surface area contributed by atoms with Gasteiger partial charge >= 0.3 is 6.18 Å². The van der Waals surface area contributed by atoms with Crippen molar-refractivity contribution in [3.63, 3.8) is 0 Å². The van der Waals surface area contributed by atoms with E-state index in [0.29, 0.717) is 21.3 Å². The van der Waals surface area contributed by atoms with E-state index < -0.39 is 17.3 Å². The van der Waals surface area contributed by atoms with Gasteiger partial charge in [0.1, 0.15) is 16.5 Å². The summed E-state index contributed by atoms with van der Waals surface area (Å²) in [4.78, 5) is 17.1. The van der Waals surface area contributed by atoms with Crippen molar-refractivity contribution < 1.29 is 17.6 Å². The van der Waals surface area contributed by atoms with Gasteiger partial charge in [-0.2, -0.15) is 18.3 Å². The van der Waals surface area contributed by atoms with Gasteiger partial charge < -0.3 is 5.73 Å². The second kappa shape index (κ2) is 12.6. The highest BCUT2D eigenvalue weighted by molar-refractivity contribution is 7.14. The minimum Gasteiger partial charge on any atom is -0.324 e. The summed E-state index contributed by atoms with van der Waals surface area (Å²) in [5.74, 6) is -0.119. The number of hydrogen-bond donors (Lipinski definition) is 1. The second-order valence-corrected chi connectivity index (χ2v) is 10.3. The van der Waals surface area contributed by atoms with Crippen molar-refractivity contribution in [1.82, 2.24) is 25.0 Å². The van der Waals surface area contributed by atoms with Crippen LogP contribution in [0.25, 0.3) is 10.7 Å². The summed E-state index contributed by atoms with van der Waals surface area (Å²) in [6.45, 7) is 1.70. The molecule has 5 rings (SSSR count). The summed E-state index contributed by atoms with van der Waals surface area (Å²) in [6, 6.07) is 10.4. The number of rotatable bonds is 5. The van der Waals surface area contributed by atoms with Crippen LogP contribution in [-0.2, 0) is 19.3 Å². The van der Waals surface area contributed by atoms with Gasteiger partial charge in [-0.3, -0.25) is 9.78 Å². The number of alkyl halides is 3. The van der Waals surface area contributed by atoms with Crippen LogP contribution in [0.5, 0.6) is 0 Å². The molecule has 1 aliphatic rings. The van der Waals surface area contributed by atoms with E-state index in [-0.39, 0.29) is 30.5 Å². The lowest BCUT2D eigenvalue weighted by Crippen LogP contribution is -2.30. The first-order chi connectivity index (χ1) is 18.7. The smallest absolute Gasteiger partial charge is 0.324 e. The molecule has 3 aromatic heterocycles. The maximum absolute atomic E-state index is 13.4. The highest BCUT2D eigenvalue weighted by atomic mass is 32.1. The zero-order chi connectivity index (χ0) is 28.0. The van der Waals surface area contributed by atoms with Crippen LogP contribution >= 0.6 is 11.3 Å². The summed E-state index contributed by atoms with van der Waals surface area (Å²) in [7, 11) is 0. The standard InChI is InChI=1S/C20H21F3N6OS.C7H7F/c21-20(22,23)14-7-4-8-25-16(14)11-29-19(30)13(12-5-2-1-3-6-12)9-15(28-29)18-27-26-17(10-24)31-18;1-6-3-2-4-7(8)5-6/h4,7-9,12H,1-3,5-6,10-11,24H2;2-5H,1H3. The van der Waals surface area contributed by atoms with Crippen LogP contribution in [0.2, 0.25) is 0 Å². The molecule has 0 aliphatic heterocycles. The Bertz CT molecular complexity index is 1450. The maximum atomic E-state index is 13.4. The Kier molecular flexibility index (Phi) is 9.18. The molecule has 7 nitrogen and oxygen atoms in total. The predicted molar refractivity (Wildman–Crippen MR) is 141 cm³/mol. The monoisotopic (exact) mass is 560 g/mol. The van der Waals surface area contributed by atoms with Crippen LogP contribution in [0, 0.1) is 12.7 Å². The molecule has 0 bridgehead atoms. The van der Waals surface area contributed by atoms with Crippen molar-refractivity contribution in [2.24, 2.45) is 5.73 Å². The summed E-state index contributed by atoms with van der Waals surface area (Å²) < 4.78 is 53.5. The van der Waals surface area contributed by atoms with Crippen molar-refractivity contribution in [3.8, 4) is 10.7 Å². The SMILES string of the molecule is Cc1cccc(F)c1.NCc1nnc(-c2cc(C3CCCCC3)c(=O)n(Cc3ncccc3C(F)(F)F)n2)s1. The van der Waals surface area contributed by atoms with Gasteiger partial charge in [0, 0.05) is 18.3 Å². The first kappa shape index (κ1) is 28.5. The van der Waals surface area contributed by atoms with Crippen molar-refractivity contribution in [3.05, 3.63) is 92.2 Å². The van der Waals surface area contributed by atoms with Gasteiger partial charge in [-0.1, -0.05) is 42.7 Å². The van der Waals surface area contributed by atoms with Crippen molar-refractivity contribution in [2.45, 2.75) is 64.2 Å². The van der Waals surface area contributed by atoms with Crippen molar-refractivity contribution in [2.75, 3.05) is 0 Å². The topological polar surface area (TPSA) is 99.6 Å². The molecule has 0 saturated heterocycles. The van der Waals surface area contributed by atoms with Gasteiger partial charge in [0.2, 0.25) is 0 Å². The lowest BCUT2D eigenvalue weighted by atomic mass is 9.84. The molecule has 39 heavy (non-hydrogen) atoms. The van der Waals surface area contributed by atoms with Crippen LogP contribution in [0.15, 0.2) is 53.5 Å². The Morgan fingerprint density at radius 2 is 1.85 bits per heavy atom. The largest absolute Gasteiger partial charge is 0.418 e. The number of nitrogens with two attached hydrogens (primary N) is 1. The zero-order valence-corrected chi connectivity index (χ0v) is 22.1. The van der Waals surface area contributed by atoms with E-state index in [0.717, 1.165) is 48.4 Å². The lowest BCUT2D eigenvalue weighted by Gasteiger charge is -2.22. The molecule has 0 unspecified atom stereocenters. The Balaban J connectivity index is 0.000000379. The number of hydrogen-bond acceptors (Lipinski definition) is 7. The van der Waals surface area contributed by atoms with Crippen LogP contribution < -0.4 is 11.3 Å². The number of pyridine rings is 1. The summed E-state index contributed by atoms with van der Waals surface area (Å²) in [5.41, 5.74) is 6.02. The molecule has 0 radical (unpaired) electrons. The Morgan fingerprint density at radius 3 is 2.46 bits per heavy atom. The van der Waals surface area contributed by atoms with Gasteiger partial charge in [0.15, 0.2) is 5.01 Å². The molecular formula is C27H28F4N6OS. The van der Waals surface area contributed by atoms with E-state index in [1.165, 1.54) is 35.7 Å². The van der Waals surface area contributed by atoms with Gasteiger partial charge in [-0.15, -0.1) is 10.2 Å². The highest BCUT2D eigenvalue weighted by Gasteiger charge is 2.34. The average Bonchev–Trinajstić information content (AvgIpc) is 3.40.